The molecule has 11 heteroatoms. The summed E-state index contributed by atoms with van der Waals surface area (Å²) < 4.78 is 40.5. The number of carbonyl (C=O) groups excluding carboxylic acids is 2. The van der Waals surface area contributed by atoms with Gasteiger partial charge in [0.25, 0.3) is 10.0 Å². The fraction of sp³-hybridized carbons (Fsp3) is 0.297. The molecule has 0 aliphatic rings. The first-order valence-corrected chi connectivity index (χ1v) is 17.5. The second kappa shape index (κ2) is 16.5. The van der Waals surface area contributed by atoms with Gasteiger partial charge in [0.2, 0.25) is 11.8 Å². The van der Waals surface area contributed by atoms with Crippen molar-refractivity contribution < 1.29 is 27.5 Å². The average Bonchev–Trinajstić information content (AvgIpc) is 3.09. The van der Waals surface area contributed by atoms with Gasteiger partial charge in [-0.2, -0.15) is 0 Å². The Kier molecular flexibility index (Phi) is 12.5. The molecule has 2 atom stereocenters. The summed E-state index contributed by atoms with van der Waals surface area (Å²) in [6.45, 7) is 5.18. The first-order chi connectivity index (χ1) is 23.0. The summed E-state index contributed by atoms with van der Waals surface area (Å²) in [5, 5.41) is 3.51. The smallest absolute Gasteiger partial charge is 0.264 e. The van der Waals surface area contributed by atoms with Gasteiger partial charge in [-0.15, -0.1) is 0 Å². The lowest BCUT2D eigenvalue weighted by Gasteiger charge is -2.34. The molecule has 0 aromatic heterocycles. The molecule has 48 heavy (non-hydrogen) atoms. The summed E-state index contributed by atoms with van der Waals surface area (Å²) in [5.74, 6) is -0.327. The Morgan fingerprint density at radius 3 is 2.15 bits per heavy atom. The van der Waals surface area contributed by atoms with E-state index in [4.69, 9.17) is 21.1 Å². The van der Waals surface area contributed by atoms with E-state index in [-0.39, 0.29) is 41.2 Å². The molecule has 4 aromatic carbocycles. The van der Waals surface area contributed by atoms with Crippen molar-refractivity contribution in [2.24, 2.45) is 0 Å². The van der Waals surface area contributed by atoms with E-state index in [1.165, 1.54) is 37.3 Å². The van der Waals surface area contributed by atoms with Gasteiger partial charge in [0.15, 0.2) is 11.5 Å². The highest BCUT2D eigenvalue weighted by atomic mass is 35.5. The fourth-order valence-electron chi connectivity index (χ4n) is 5.17. The Labute approximate surface area is 288 Å². The van der Waals surface area contributed by atoms with E-state index in [0.29, 0.717) is 22.8 Å². The number of aryl methyl sites for hydroxylation is 1. The molecule has 0 aliphatic heterocycles. The number of nitrogens with one attached hydrogen (secondary N) is 1. The number of sulfonamides is 1. The molecule has 254 valence electrons. The molecule has 4 rings (SSSR count). The van der Waals surface area contributed by atoms with Crippen LogP contribution in [0.25, 0.3) is 0 Å². The van der Waals surface area contributed by atoms with Gasteiger partial charge >= 0.3 is 0 Å². The van der Waals surface area contributed by atoms with Gasteiger partial charge in [-0.1, -0.05) is 78.7 Å². The summed E-state index contributed by atoms with van der Waals surface area (Å²) in [6, 6.07) is 26.5. The van der Waals surface area contributed by atoms with Gasteiger partial charge < -0.3 is 19.7 Å². The highest BCUT2D eigenvalue weighted by Crippen LogP contribution is 2.32. The summed E-state index contributed by atoms with van der Waals surface area (Å²) in [5.41, 5.74) is 2.74. The lowest BCUT2D eigenvalue weighted by molar-refractivity contribution is -0.140. The Morgan fingerprint density at radius 1 is 0.854 bits per heavy atom. The van der Waals surface area contributed by atoms with Gasteiger partial charge in [0, 0.05) is 30.1 Å². The molecule has 0 radical (unpaired) electrons. The zero-order valence-electron chi connectivity index (χ0n) is 27.9. The third-order valence-electron chi connectivity index (χ3n) is 8.06. The monoisotopic (exact) mass is 691 g/mol. The van der Waals surface area contributed by atoms with Crippen LogP contribution in [0.5, 0.6) is 11.5 Å². The average molecular weight is 692 g/mol. The molecule has 2 unspecified atom stereocenters. The summed E-state index contributed by atoms with van der Waals surface area (Å²) in [4.78, 5) is 30.0. The zero-order chi connectivity index (χ0) is 34.8. The van der Waals surface area contributed by atoms with Crippen LogP contribution in [0.4, 0.5) is 5.69 Å². The predicted octanol–water partition coefficient (Wildman–Crippen LogP) is 6.42. The number of rotatable bonds is 15. The van der Waals surface area contributed by atoms with Crippen LogP contribution >= 0.6 is 11.6 Å². The van der Waals surface area contributed by atoms with Gasteiger partial charge in [0.05, 0.1) is 24.8 Å². The minimum absolute atomic E-state index is 0.0168. The number of methoxy groups -OCH3 is 2. The van der Waals surface area contributed by atoms with Crippen LogP contribution in [0, 0.1) is 6.92 Å². The van der Waals surface area contributed by atoms with Crippen molar-refractivity contribution in [1.29, 1.82) is 0 Å². The molecular weight excluding hydrogens is 650 g/mol. The summed E-state index contributed by atoms with van der Waals surface area (Å²) >= 11 is 6.33. The highest BCUT2D eigenvalue weighted by Gasteiger charge is 2.35. The lowest BCUT2D eigenvalue weighted by Crippen LogP contribution is -2.54. The zero-order valence-corrected chi connectivity index (χ0v) is 29.4. The van der Waals surface area contributed by atoms with E-state index in [9.17, 15) is 18.0 Å². The van der Waals surface area contributed by atoms with Crippen LogP contribution in [0.2, 0.25) is 5.02 Å². The molecule has 0 saturated heterocycles. The maximum Gasteiger partial charge on any atom is 0.264 e. The van der Waals surface area contributed by atoms with Crippen LogP contribution in [-0.4, -0.2) is 58.0 Å². The van der Waals surface area contributed by atoms with Gasteiger partial charge in [-0.3, -0.25) is 13.9 Å². The number of benzene rings is 4. The minimum Gasteiger partial charge on any atom is -0.493 e. The minimum atomic E-state index is -4.33. The standard InChI is InChI=1S/C37H42ClN3O6S/c1-6-27(3)39-37(43)33(22-28-11-8-7-9-12-28)40(24-29-13-10-14-30(38)21-29)36(42)25-41(31-17-15-26(2)16-18-31)48(44,45)32-19-20-34(46-4)35(23-32)47-5/h7-21,23,27,33H,6,22,24-25H2,1-5H3,(H,39,43). The van der Waals surface area contributed by atoms with Crippen molar-refractivity contribution in [3.8, 4) is 11.5 Å². The number of nitrogens with zero attached hydrogens (tertiary/aromatic N) is 2. The second-order valence-electron chi connectivity index (χ2n) is 11.5. The maximum atomic E-state index is 14.6. The largest absolute Gasteiger partial charge is 0.493 e. The molecule has 2 amide bonds. The van der Waals surface area contributed by atoms with Crippen molar-refractivity contribution in [3.63, 3.8) is 0 Å². The number of ether oxygens (including phenoxy) is 2. The number of carbonyl (C=O) groups is 2. The van der Waals surface area contributed by atoms with Gasteiger partial charge in [0.1, 0.15) is 12.6 Å². The van der Waals surface area contributed by atoms with Crippen molar-refractivity contribution in [3.05, 3.63) is 119 Å². The SMILES string of the molecule is CCC(C)NC(=O)C(Cc1ccccc1)N(Cc1cccc(Cl)c1)C(=O)CN(c1ccc(C)cc1)S(=O)(=O)c1ccc(OC)c(OC)c1. The van der Waals surface area contributed by atoms with E-state index in [0.717, 1.165) is 15.4 Å². The Hall–Kier alpha value is -4.54. The number of halogens is 1. The van der Waals surface area contributed by atoms with Crippen molar-refractivity contribution >= 4 is 39.1 Å². The van der Waals surface area contributed by atoms with Crippen molar-refractivity contribution in [1.82, 2.24) is 10.2 Å². The summed E-state index contributed by atoms with van der Waals surface area (Å²) in [6.07, 6.45) is 0.902. The highest BCUT2D eigenvalue weighted by molar-refractivity contribution is 7.92. The van der Waals surface area contributed by atoms with Crippen molar-refractivity contribution in [2.75, 3.05) is 25.1 Å². The predicted molar refractivity (Wildman–Crippen MR) is 189 cm³/mol. The molecule has 0 aliphatic carbocycles. The van der Waals surface area contributed by atoms with Crippen LogP contribution < -0.4 is 19.1 Å². The van der Waals surface area contributed by atoms with E-state index in [1.807, 2.05) is 57.2 Å². The first kappa shape index (κ1) is 36.3. The molecule has 4 aromatic rings. The second-order valence-corrected chi connectivity index (χ2v) is 13.8. The summed E-state index contributed by atoms with van der Waals surface area (Å²) in [7, 11) is -1.46. The molecule has 0 spiro atoms. The first-order valence-electron chi connectivity index (χ1n) is 15.7. The Balaban J connectivity index is 1.83. The van der Waals surface area contributed by atoms with Gasteiger partial charge in [-0.05, 0) is 67.8 Å². The maximum absolute atomic E-state index is 14.6. The fourth-order valence-corrected chi connectivity index (χ4v) is 6.81. The van der Waals surface area contributed by atoms with Crippen LogP contribution in [-0.2, 0) is 32.6 Å². The number of anilines is 1. The Morgan fingerprint density at radius 2 is 1.52 bits per heavy atom. The topological polar surface area (TPSA) is 105 Å². The lowest BCUT2D eigenvalue weighted by atomic mass is 10.0. The van der Waals surface area contributed by atoms with Crippen LogP contribution in [0.15, 0.2) is 102 Å². The third kappa shape index (κ3) is 9.08. The molecular formula is C37H42ClN3O6S. The van der Waals surface area contributed by atoms with Crippen molar-refractivity contribution in [2.45, 2.75) is 57.1 Å². The quantitative estimate of drug-likeness (QED) is 0.154. The van der Waals surface area contributed by atoms with E-state index >= 15 is 0 Å². The van der Waals surface area contributed by atoms with Gasteiger partial charge in [-0.25, -0.2) is 8.42 Å². The molecule has 9 nitrogen and oxygen atoms in total. The van der Waals surface area contributed by atoms with E-state index < -0.39 is 28.5 Å². The molecule has 0 fully saturated rings. The van der Waals surface area contributed by atoms with E-state index in [2.05, 4.69) is 5.32 Å². The number of hydrogen-bond acceptors (Lipinski definition) is 6. The third-order valence-corrected chi connectivity index (χ3v) is 10.1. The van der Waals surface area contributed by atoms with Crippen LogP contribution in [0.1, 0.15) is 37.0 Å². The molecule has 0 bridgehead atoms. The molecule has 0 heterocycles. The Bertz CT molecular complexity index is 1800. The van der Waals surface area contributed by atoms with E-state index in [1.54, 1.807) is 42.5 Å². The number of amides is 2. The number of hydrogen-bond donors (Lipinski definition) is 1. The molecule has 0 saturated carbocycles. The molecule has 1 N–H and O–H groups in total. The van der Waals surface area contributed by atoms with Crippen LogP contribution in [0.3, 0.4) is 0 Å². The normalized spacial score (nSPS) is 12.5.